The lowest BCUT2D eigenvalue weighted by Gasteiger charge is -2.17. The van der Waals surface area contributed by atoms with Crippen LogP contribution in [0.2, 0.25) is 0 Å². The highest BCUT2D eigenvalue weighted by molar-refractivity contribution is 6.04. The second kappa shape index (κ2) is 9.14. The number of amides is 1. The van der Waals surface area contributed by atoms with E-state index in [1.807, 2.05) is 44.2 Å². The number of hydrogen-bond acceptors (Lipinski definition) is 5. The van der Waals surface area contributed by atoms with E-state index in [1.165, 1.54) is 14.2 Å². The highest BCUT2D eigenvalue weighted by atomic mass is 16.5. The van der Waals surface area contributed by atoms with E-state index >= 15 is 0 Å². The molecule has 0 radical (unpaired) electrons. The number of methoxy groups -OCH3 is 2. The minimum absolute atomic E-state index is 0.123. The van der Waals surface area contributed by atoms with Crippen LogP contribution in [0.25, 0.3) is 0 Å². The Morgan fingerprint density at radius 2 is 1.72 bits per heavy atom. The predicted octanol–water partition coefficient (Wildman–Crippen LogP) is 4.31. The van der Waals surface area contributed by atoms with Crippen LogP contribution in [-0.4, -0.2) is 29.9 Å². The average Bonchev–Trinajstić information content (AvgIpc) is 3.20. The number of nitrogens with zero attached hydrogens (tertiary/aromatic N) is 2. The number of nitrogens with one attached hydrogen (secondary N) is 1. The maximum Gasteiger partial charge on any atom is 0.257 e. The third kappa shape index (κ3) is 4.68. The van der Waals surface area contributed by atoms with Gasteiger partial charge in [-0.15, -0.1) is 0 Å². The Labute approximate surface area is 170 Å². The molecule has 0 aliphatic carbocycles. The molecule has 1 amide bonds. The fourth-order valence-electron chi connectivity index (χ4n) is 2.90. The molecule has 7 heteroatoms. The first-order chi connectivity index (χ1) is 14.0. The van der Waals surface area contributed by atoms with E-state index < -0.39 is 0 Å². The van der Waals surface area contributed by atoms with E-state index in [-0.39, 0.29) is 11.9 Å². The Hall–Kier alpha value is -3.48. The van der Waals surface area contributed by atoms with Crippen LogP contribution in [0.1, 0.15) is 35.8 Å². The molecule has 0 fully saturated rings. The summed E-state index contributed by atoms with van der Waals surface area (Å²) in [7, 11) is 3.05. The first kappa shape index (κ1) is 20.3. The number of rotatable bonds is 8. The maximum atomic E-state index is 12.8. The zero-order chi connectivity index (χ0) is 20.8. The van der Waals surface area contributed by atoms with Crippen LogP contribution in [-0.2, 0) is 6.61 Å². The van der Waals surface area contributed by atoms with Gasteiger partial charge in [0.25, 0.3) is 5.91 Å². The Morgan fingerprint density at radius 3 is 2.31 bits per heavy atom. The van der Waals surface area contributed by atoms with Crippen LogP contribution >= 0.6 is 0 Å². The van der Waals surface area contributed by atoms with Crippen LogP contribution in [0.4, 0.5) is 5.82 Å². The maximum absolute atomic E-state index is 12.8. The summed E-state index contributed by atoms with van der Waals surface area (Å²) >= 11 is 0. The quantitative estimate of drug-likeness (QED) is 0.615. The number of ether oxygens (including phenoxy) is 3. The lowest BCUT2D eigenvalue weighted by molar-refractivity contribution is 0.102. The zero-order valence-corrected chi connectivity index (χ0v) is 17.0. The van der Waals surface area contributed by atoms with Gasteiger partial charge in [0.05, 0.1) is 20.4 Å². The number of anilines is 1. The summed E-state index contributed by atoms with van der Waals surface area (Å²) in [5, 5.41) is 7.11. The first-order valence-corrected chi connectivity index (χ1v) is 9.31. The van der Waals surface area contributed by atoms with Gasteiger partial charge in [0.2, 0.25) is 5.75 Å². The van der Waals surface area contributed by atoms with Crippen molar-refractivity contribution in [2.24, 2.45) is 0 Å². The fraction of sp³-hybridized carbons (Fsp3) is 0.273. The van der Waals surface area contributed by atoms with Crippen molar-refractivity contribution < 1.29 is 19.0 Å². The third-order valence-corrected chi connectivity index (χ3v) is 4.35. The molecule has 3 aromatic rings. The van der Waals surface area contributed by atoms with Crippen molar-refractivity contribution in [1.82, 2.24) is 9.78 Å². The second-order valence-corrected chi connectivity index (χ2v) is 6.69. The van der Waals surface area contributed by atoms with Gasteiger partial charge < -0.3 is 19.5 Å². The topological polar surface area (TPSA) is 74.6 Å². The van der Waals surface area contributed by atoms with Crippen LogP contribution in [0.15, 0.2) is 54.7 Å². The molecule has 0 bridgehead atoms. The lowest BCUT2D eigenvalue weighted by Crippen LogP contribution is -2.17. The summed E-state index contributed by atoms with van der Waals surface area (Å²) in [6.07, 6.45) is 1.65. The van der Waals surface area contributed by atoms with Gasteiger partial charge >= 0.3 is 0 Å². The van der Waals surface area contributed by atoms with E-state index in [1.54, 1.807) is 29.1 Å². The van der Waals surface area contributed by atoms with Gasteiger partial charge in [0.1, 0.15) is 12.4 Å². The monoisotopic (exact) mass is 395 g/mol. The van der Waals surface area contributed by atoms with Crippen molar-refractivity contribution in [3.63, 3.8) is 0 Å². The molecule has 1 heterocycles. The molecule has 0 unspecified atom stereocenters. The number of carbonyl (C=O) groups excluding carboxylic acids is 1. The van der Waals surface area contributed by atoms with Crippen molar-refractivity contribution in [2.75, 3.05) is 19.5 Å². The van der Waals surface area contributed by atoms with Gasteiger partial charge in [-0.3, -0.25) is 4.79 Å². The van der Waals surface area contributed by atoms with Gasteiger partial charge in [-0.1, -0.05) is 30.3 Å². The summed E-state index contributed by atoms with van der Waals surface area (Å²) in [6, 6.07) is 14.9. The Kier molecular flexibility index (Phi) is 6.39. The molecule has 0 saturated heterocycles. The van der Waals surface area contributed by atoms with Crippen molar-refractivity contribution in [3.8, 4) is 17.2 Å². The van der Waals surface area contributed by atoms with Crippen LogP contribution in [0, 0.1) is 0 Å². The number of hydrogen-bond donors (Lipinski definition) is 1. The highest BCUT2D eigenvalue weighted by Crippen LogP contribution is 2.39. The van der Waals surface area contributed by atoms with Gasteiger partial charge in [0.15, 0.2) is 11.5 Å². The van der Waals surface area contributed by atoms with Gasteiger partial charge in [-0.05, 0) is 31.5 Å². The first-order valence-electron chi connectivity index (χ1n) is 9.31. The molecule has 152 valence electrons. The molecular weight excluding hydrogens is 370 g/mol. The SMILES string of the molecule is COc1cc(C(=O)Nc2ccnn2C(C)C)cc(OC)c1OCc1ccccc1. The standard InChI is InChI=1S/C22H25N3O4/c1-15(2)25-20(10-11-23-25)24-22(26)17-12-18(27-3)21(19(13-17)28-4)29-14-16-8-6-5-7-9-16/h5-13,15H,14H2,1-4H3,(H,24,26). The number of aromatic nitrogens is 2. The molecular formula is C22H25N3O4. The van der Waals surface area contributed by atoms with E-state index in [4.69, 9.17) is 14.2 Å². The van der Waals surface area contributed by atoms with Crippen molar-refractivity contribution in [3.05, 3.63) is 65.9 Å². The largest absolute Gasteiger partial charge is 0.493 e. The van der Waals surface area contributed by atoms with Crippen LogP contribution in [0.3, 0.4) is 0 Å². The third-order valence-electron chi connectivity index (χ3n) is 4.35. The fourth-order valence-corrected chi connectivity index (χ4v) is 2.90. The van der Waals surface area contributed by atoms with Crippen molar-refractivity contribution >= 4 is 11.7 Å². The molecule has 0 saturated carbocycles. The van der Waals surface area contributed by atoms with E-state index in [9.17, 15) is 4.79 Å². The second-order valence-electron chi connectivity index (χ2n) is 6.69. The molecule has 1 N–H and O–H groups in total. The Morgan fingerprint density at radius 1 is 1.07 bits per heavy atom. The van der Waals surface area contributed by atoms with E-state index in [0.717, 1.165) is 5.56 Å². The molecule has 29 heavy (non-hydrogen) atoms. The summed E-state index contributed by atoms with van der Waals surface area (Å²) in [6.45, 7) is 4.34. The van der Waals surface area contributed by atoms with Crippen LogP contribution in [0.5, 0.6) is 17.2 Å². The summed E-state index contributed by atoms with van der Waals surface area (Å²) in [4.78, 5) is 12.8. The van der Waals surface area contributed by atoms with Gasteiger partial charge in [-0.25, -0.2) is 4.68 Å². The van der Waals surface area contributed by atoms with Crippen molar-refractivity contribution in [1.29, 1.82) is 0 Å². The van der Waals surface area contributed by atoms with Crippen LogP contribution < -0.4 is 19.5 Å². The Bertz CT molecular complexity index is 942. The zero-order valence-electron chi connectivity index (χ0n) is 17.0. The smallest absolute Gasteiger partial charge is 0.257 e. The summed E-state index contributed by atoms with van der Waals surface area (Å²) in [5.41, 5.74) is 1.41. The van der Waals surface area contributed by atoms with E-state index in [2.05, 4.69) is 10.4 Å². The minimum Gasteiger partial charge on any atom is -0.493 e. The van der Waals surface area contributed by atoms with Gasteiger partial charge in [0, 0.05) is 17.7 Å². The number of carbonyl (C=O) groups is 1. The molecule has 7 nitrogen and oxygen atoms in total. The predicted molar refractivity (Wildman–Crippen MR) is 111 cm³/mol. The number of benzene rings is 2. The average molecular weight is 395 g/mol. The molecule has 0 aliphatic rings. The van der Waals surface area contributed by atoms with Gasteiger partial charge in [-0.2, -0.15) is 5.10 Å². The Balaban J connectivity index is 1.84. The molecule has 1 aromatic heterocycles. The minimum atomic E-state index is -0.293. The molecule has 0 aliphatic heterocycles. The summed E-state index contributed by atoms with van der Waals surface area (Å²) in [5.74, 6) is 1.61. The molecule has 3 rings (SSSR count). The highest BCUT2D eigenvalue weighted by Gasteiger charge is 2.19. The molecule has 2 aromatic carbocycles. The normalized spacial score (nSPS) is 10.7. The molecule has 0 spiro atoms. The van der Waals surface area contributed by atoms with Crippen molar-refractivity contribution in [2.45, 2.75) is 26.5 Å². The summed E-state index contributed by atoms with van der Waals surface area (Å²) < 4.78 is 18.6. The molecule has 0 atom stereocenters. The van der Waals surface area contributed by atoms with E-state index in [0.29, 0.717) is 35.2 Å². The lowest BCUT2D eigenvalue weighted by atomic mass is 10.1.